The van der Waals surface area contributed by atoms with Crippen molar-refractivity contribution < 1.29 is 4.79 Å². The van der Waals surface area contributed by atoms with Gasteiger partial charge in [-0.05, 0) is 49.2 Å². The number of fused-ring (bicyclic) bond motifs is 2. The lowest BCUT2D eigenvalue weighted by Gasteiger charge is -2.17. The Hall–Kier alpha value is -4.52. The summed E-state index contributed by atoms with van der Waals surface area (Å²) < 4.78 is 3.04. The fourth-order valence-electron chi connectivity index (χ4n) is 4.14. The van der Waals surface area contributed by atoms with Crippen molar-refractivity contribution in [2.24, 2.45) is 0 Å². The van der Waals surface area contributed by atoms with Gasteiger partial charge in [-0.1, -0.05) is 54.6 Å². The van der Waals surface area contributed by atoms with E-state index in [2.05, 4.69) is 5.32 Å². The molecule has 168 valence electrons. The first-order valence-corrected chi connectivity index (χ1v) is 11.0. The van der Waals surface area contributed by atoms with Crippen LogP contribution in [0.1, 0.15) is 34.5 Å². The molecule has 7 heteroatoms. The Morgan fingerprint density at radius 1 is 0.971 bits per heavy atom. The first-order chi connectivity index (χ1) is 16.5. The molecule has 0 saturated heterocycles. The predicted molar refractivity (Wildman–Crippen MR) is 131 cm³/mol. The number of aryl methyl sites for hydroxylation is 1. The Bertz CT molecular complexity index is 1650. The first kappa shape index (κ1) is 21.3. The molecule has 5 rings (SSSR count). The number of pyridine rings is 2. The van der Waals surface area contributed by atoms with Crippen molar-refractivity contribution in [3.63, 3.8) is 0 Å². The van der Waals surface area contributed by atoms with Crippen LogP contribution in [0.3, 0.4) is 0 Å². The van der Waals surface area contributed by atoms with Gasteiger partial charge in [-0.15, -0.1) is 0 Å². The largest absolute Gasteiger partial charge is 0.345 e. The van der Waals surface area contributed by atoms with Gasteiger partial charge < -0.3 is 5.32 Å². The van der Waals surface area contributed by atoms with Crippen LogP contribution in [-0.4, -0.2) is 19.9 Å². The lowest BCUT2D eigenvalue weighted by atomic mass is 10.1. The number of aromatic nitrogens is 3. The van der Waals surface area contributed by atoms with Crippen LogP contribution in [0.5, 0.6) is 0 Å². The molecule has 0 saturated carbocycles. The van der Waals surface area contributed by atoms with E-state index >= 15 is 0 Å². The third-order valence-corrected chi connectivity index (χ3v) is 5.95. The third-order valence-electron chi connectivity index (χ3n) is 5.95. The number of amides is 1. The average molecular weight is 450 g/mol. The molecule has 0 bridgehead atoms. The molecule has 0 radical (unpaired) electrons. The summed E-state index contributed by atoms with van der Waals surface area (Å²) in [6.07, 6.45) is 1.66. The van der Waals surface area contributed by atoms with Crippen LogP contribution in [0, 0.1) is 12.3 Å². The Balaban J connectivity index is 1.77. The smallest absolute Gasteiger partial charge is 0.267 e. The fraction of sp³-hybridized carbons (Fsp3) is 0.111. The van der Waals surface area contributed by atoms with E-state index in [-0.39, 0.29) is 28.0 Å². The molecule has 0 aliphatic heterocycles. The van der Waals surface area contributed by atoms with E-state index in [9.17, 15) is 9.59 Å². The fourth-order valence-corrected chi connectivity index (χ4v) is 4.14. The van der Waals surface area contributed by atoms with E-state index in [0.717, 1.165) is 11.1 Å². The monoisotopic (exact) mass is 449 g/mol. The van der Waals surface area contributed by atoms with Gasteiger partial charge >= 0.3 is 0 Å². The molecule has 0 spiro atoms. The standard InChI is InChI=1S/C27H23N5O2/c1-17-10-9-15-31-24(17)30-25-22(27(31)34)16-21(23(28)32(25)20-13-7-4-8-14-20)26(33)29-18(2)19-11-5-3-6-12-19/h3-16,18,28H,1-2H3,(H,29,33). The van der Waals surface area contributed by atoms with Crippen molar-refractivity contribution >= 4 is 22.6 Å². The van der Waals surface area contributed by atoms with Crippen molar-refractivity contribution in [1.82, 2.24) is 19.3 Å². The van der Waals surface area contributed by atoms with Gasteiger partial charge in [-0.25, -0.2) is 4.98 Å². The topological polar surface area (TPSA) is 92.3 Å². The minimum Gasteiger partial charge on any atom is -0.345 e. The summed E-state index contributed by atoms with van der Waals surface area (Å²) in [5.41, 5.74) is 3.05. The Morgan fingerprint density at radius 2 is 1.65 bits per heavy atom. The molecular weight excluding hydrogens is 426 g/mol. The molecule has 7 nitrogen and oxygen atoms in total. The molecule has 0 fully saturated rings. The third kappa shape index (κ3) is 3.57. The Kier molecular flexibility index (Phi) is 5.30. The molecule has 1 amide bonds. The highest BCUT2D eigenvalue weighted by atomic mass is 16.2. The van der Waals surface area contributed by atoms with E-state index in [4.69, 9.17) is 10.4 Å². The van der Waals surface area contributed by atoms with Crippen LogP contribution >= 0.6 is 0 Å². The van der Waals surface area contributed by atoms with Crippen LogP contribution < -0.4 is 16.4 Å². The lowest BCUT2D eigenvalue weighted by molar-refractivity contribution is 0.0937. The van der Waals surface area contributed by atoms with Crippen LogP contribution in [0.4, 0.5) is 0 Å². The van der Waals surface area contributed by atoms with Gasteiger partial charge in [0.1, 0.15) is 11.1 Å². The van der Waals surface area contributed by atoms with Crippen molar-refractivity contribution in [3.05, 3.63) is 118 Å². The predicted octanol–water partition coefficient (Wildman–Crippen LogP) is 3.92. The summed E-state index contributed by atoms with van der Waals surface area (Å²) >= 11 is 0. The van der Waals surface area contributed by atoms with Crippen LogP contribution in [0.15, 0.2) is 89.9 Å². The highest BCUT2D eigenvalue weighted by molar-refractivity contribution is 5.97. The number of nitrogens with one attached hydrogen (secondary N) is 2. The molecule has 2 aromatic carbocycles. The van der Waals surface area contributed by atoms with Crippen LogP contribution in [0.2, 0.25) is 0 Å². The summed E-state index contributed by atoms with van der Waals surface area (Å²) in [6, 6.07) is 23.7. The van der Waals surface area contributed by atoms with Crippen molar-refractivity contribution in [2.45, 2.75) is 19.9 Å². The molecule has 5 aromatic rings. The van der Waals surface area contributed by atoms with Crippen molar-refractivity contribution in [3.8, 4) is 5.69 Å². The second kappa shape index (κ2) is 8.44. The molecule has 34 heavy (non-hydrogen) atoms. The van der Waals surface area contributed by atoms with Gasteiger partial charge in [-0.2, -0.15) is 0 Å². The number of para-hydroxylation sites is 1. The normalized spacial score (nSPS) is 12.1. The minimum atomic E-state index is -0.429. The number of hydrogen-bond donors (Lipinski definition) is 2. The number of rotatable bonds is 4. The molecule has 0 aliphatic carbocycles. The maximum atomic E-state index is 13.5. The van der Waals surface area contributed by atoms with Gasteiger partial charge in [0, 0.05) is 11.9 Å². The number of hydrogen-bond acceptors (Lipinski definition) is 4. The first-order valence-electron chi connectivity index (χ1n) is 11.0. The second-order valence-electron chi connectivity index (χ2n) is 8.22. The van der Waals surface area contributed by atoms with Gasteiger partial charge in [0.2, 0.25) is 0 Å². The zero-order chi connectivity index (χ0) is 23.8. The zero-order valence-electron chi connectivity index (χ0n) is 18.8. The number of benzene rings is 2. The molecule has 0 aliphatic rings. The van der Waals surface area contributed by atoms with E-state index < -0.39 is 5.91 Å². The minimum absolute atomic E-state index is 0.0405. The van der Waals surface area contributed by atoms with Gasteiger partial charge in [0.15, 0.2) is 5.65 Å². The molecule has 3 heterocycles. The molecule has 1 unspecified atom stereocenters. The highest BCUT2D eigenvalue weighted by Crippen LogP contribution is 2.17. The second-order valence-corrected chi connectivity index (χ2v) is 8.22. The van der Waals surface area contributed by atoms with Gasteiger partial charge in [-0.3, -0.25) is 24.0 Å². The number of nitrogens with zero attached hydrogens (tertiary/aromatic N) is 3. The number of carbonyl (C=O) groups is 1. The molecule has 3 aromatic heterocycles. The quantitative estimate of drug-likeness (QED) is 0.408. The van der Waals surface area contributed by atoms with Gasteiger partial charge in [0.05, 0.1) is 17.0 Å². The van der Waals surface area contributed by atoms with E-state index in [1.807, 2.05) is 80.6 Å². The molecular formula is C27H23N5O2. The highest BCUT2D eigenvalue weighted by Gasteiger charge is 2.20. The Morgan fingerprint density at radius 3 is 2.35 bits per heavy atom. The van der Waals surface area contributed by atoms with E-state index in [0.29, 0.717) is 17.0 Å². The molecule has 1 atom stereocenters. The SMILES string of the molecule is Cc1cccn2c(=O)c3cc(C(=O)NC(C)c4ccccc4)c(=N)n(-c4ccccc4)c3nc12. The Labute approximate surface area is 195 Å². The zero-order valence-corrected chi connectivity index (χ0v) is 18.8. The van der Waals surface area contributed by atoms with Crippen molar-refractivity contribution in [1.29, 1.82) is 5.41 Å². The maximum Gasteiger partial charge on any atom is 0.267 e. The van der Waals surface area contributed by atoms with Crippen LogP contribution in [0.25, 0.3) is 22.4 Å². The van der Waals surface area contributed by atoms with Crippen LogP contribution in [-0.2, 0) is 0 Å². The summed E-state index contributed by atoms with van der Waals surface area (Å²) in [5.74, 6) is -0.429. The van der Waals surface area contributed by atoms with E-state index in [1.165, 1.54) is 10.5 Å². The summed E-state index contributed by atoms with van der Waals surface area (Å²) in [4.78, 5) is 31.6. The summed E-state index contributed by atoms with van der Waals surface area (Å²) in [5, 5.41) is 12.2. The lowest BCUT2D eigenvalue weighted by Crippen LogP contribution is -2.35. The molecule has 2 N–H and O–H groups in total. The average Bonchev–Trinajstić information content (AvgIpc) is 2.85. The van der Waals surface area contributed by atoms with E-state index in [1.54, 1.807) is 16.8 Å². The summed E-state index contributed by atoms with van der Waals surface area (Å²) in [7, 11) is 0. The van der Waals surface area contributed by atoms with Crippen molar-refractivity contribution in [2.75, 3.05) is 0 Å². The number of carbonyl (C=O) groups excluding carboxylic acids is 1. The maximum absolute atomic E-state index is 13.5. The van der Waals surface area contributed by atoms with Gasteiger partial charge in [0.25, 0.3) is 11.5 Å². The summed E-state index contributed by atoms with van der Waals surface area (Å²) in [6.45, 7) is 3.77.